The van der Waals surface area contributed by atoms with E-state index in [1.54, 1.807) is 12.1 Å². The van der Waals surface area contributed by atoms with E-state index in [1.165, 1.54) is 50.4 Å². The van der Waals surface area contributed by atoms with Crippen LogP contribution in [-0.4, -0.2) is 62.3 Å². The van der Waals surface area contributed by atoms with Gasteiger partial charge in [0.05, 0.1) is 25.9 Å². The smallest absolute Gasteiger partial charge is 0.319 e. The summed E-state index contributed by atoms with van der Waals surface area (Å²) in [6.45, 7) is 4.43. The van der Waals surface area contributed by atoms with Gasteiger partial charge < -0.3 is 10.6 Å². The lowest BCUT2D eigenvalue weighted by Crippen LogP contribution is -2.57. The van der Waals surface area contributed by atoms with E-state index in [4.69, 9.17) is 0 Å². The minimum absolute atomic E-state index is 0.0150. The molecule has 2 amide bonds. The highest BCUT2D eigenvalue weighted by molar-refractivity contribution is 7.85. The molecule has 0 radical (unpaired) electrons. The van der Waals surface area contributed by atoms with Crippen molar-refractivity contribution in [2.45, 2.75) is 39.5 Å². The van der Waals surface area contributed by atoms with Crippen molar-refractivity contribution >= 4 is 33.3 Å². The van der Waals surface area contributed by atoms with Crippen molar-refractivity contribution in [1.29, 1.82) is 0 Å². The van der Waals surface area contributed by atoms with E-state index < -0.39 is 16.1 Å². The molecular weight excluding hydrogens is 497 g/mol. The molecule has 2 aromatic rings. The molecule has 1 aliphatic heterocycles. The highest BCUT2D eigenvalue weighted by Crippen LogP contribution is 2.30. The van der Waals surface area contributed by atoms with Crippen LogP contribution in [0.3, 0.4) is 0 Å². The summed E-state index contributed by atoms with van der Waals surface area (Å²) in [7, 11) is -3.37. The maximum Gasteiger partial charge on any atom is 0.319 e. The molecule has 8 nitrogen and oxygen atoms in total. The van der Waals surface area contributed by atoms with Gasteiger partial charge in [-0.05, 0) is 62.1 Å². The van der Waals surface area contributed by atoms with Crippen LogP contribution in [0.4, 0.5) is 14.9 Å². The quantitative estimate of drug-likeness (QED) is 0.271. The van der Waals surface area contributed by atoms with Gasteiger partial charge in [-0.15, -0.1) is 0 Å². The summed E-state index contributed by atoms with van der Waals surface area (Å²) >= 11 is 0. The van der Waals surface area contributed by atoms with Gasteiger partial charge in [-0.25, -0.2) is 13.1 Å². The molecule has 0 aromatic heterocycles. The Balaban J connectivity index is 1.52. The lowest BCUT2D eigenvalue weighted by Gasteiger charge is -2.41. The van der Waals surface area contributed by atoms with Crippen LogP contribution in [0.15, 0.2) is 42.5 Å². The van der Waals surface area contributed by atoms with Crippen molar-refractivity contribution in [1.82, 2.24) is 5.32 Å². The topological polar surface area (TPSA) is 109 Å². The van der Waals surface area contributed by atoms with E-state index in [0.717, 1.165) is 24.8 Å². The summed E-state index contributed by atoms with van der Waals surface area (Å²) in [5, 5.41) is 5.37. The largest absolute Gasteiger partial charge is 0.338 e. The van der Waals surface area contributed by atoms with Gasteiger partial charge in [0.25, 0.3) is 10.0 Å². The number of piperidine rings is 1. The Morgan fingerprint density at radius 3 is 2.05 bits per heavy atom. The van der Waals surface area contributed by atoms with Crippen molar-refractivity contribution in [2.24, 2.45) is 5.92 Å². The number of amides is 2. The monoisotopic (exact) mass is 532 g/mol. The number of quaternary nitrogens is 1. The van der Waals surface area contributed by atoms with Gasteiger partial charge in [0.2, 0.25) is 0 Å². The van der Waals surface area contributed by atoms with Crippen LogP contribution in [0.1, 0.15) is 59.4 Å². The molecule has 3 rings (SSSR count). The van der Waals surface area contributed by atoms with Crippen LogP contribution in [0.5, 0.6) is 0 Å². The number of sulfonamides is 1. The third-order valence-electron chi connectivity index (χ3n) is 7.06. The maximum atomic E-state index is 13.2. The molecule has 0 aliphatic carbocycles. The van der Waals surface area contributed by atoms with Crippen molar-refractivity contribution in [3.8, 4) is 0 Å². The fraction of sp³-hybridized carbons (Fsp3) is 0.444. The lowest BCUT2D eigenvalue weighted by atomic mass is 9.90. The molecule has 0 unspecified atom stereocenters. The molecule has 2 N–H and O–H groups in total. The van der Waals surface area contributed by atoms with Gasteiger partial charge in [-0.2, -0.15) is 8.42 Å². The van der Waals surface area contributed by atoms with E-state index in [1.807, 2.05) is 0 Å². The van der Waals surface area contributed by atoms with Crippen LogP contribution in [0.2, 0.25) is 0 Å². The third kappa shape index (κ3) is 7.69. The number of likely N-dealkylation sites (tertiary alicyclic amines) is 1. The van der Waals surface area contributed by atoms with Gasteiger partial charge in [0.15, 0.2) is 11.6 Å². The number of hydrogen-bond acceptors (Lipinski definition) is 5. The summed E-state index contributed by atoms with van der Waals surface area (Å²) in [4.78, 5) is 35.9. The predicted molar refractivity (Wildman–Crippen MR) is 141 cm³/mol. The number of nitrogens with zero attached hydrogens (tertiary/aromatic N) is 1. The SMILES string of the molecule is CC(=O)c1cc(NC(=O)NCCC[N+]2(S(C)(=O)=O)CCC(Cc3ccc(F)cc3)CC2)cc(C(C)=O)c1. The molecule has 1 aliphatic rings. The second-order valence-corrected chi connectivity index (χ2v) is 12.1. The van der Waals surface area contributed by atoms with Crippen molar-refractivity contribution < 1.29 is 31.1 Å². The standard InChI is InChI=1S/C27H34FN3O5S/c1-19(32)23-16-24(20(2)33)18-26(17-23)30-27(34)29-11-4-12-31(37(3,35)36)13-9-22(10-14-31)15-21-5-7-25(28)8-6-21/h5-8,16-18,22H,4,9-15H2,1-3H3,(H-,29,30,34)/p+1. The number of urea groups is 1. The first-order valence-corrected chi connectivity index (χ1v) is 14.3. The number of carbonyl (C=O) groups is 3. The van der Waals surface area contributed by atoms with Crippen molar-refractivity contribution in [3.05, 3.63) is 65.0 Å². The molecule has 1 heterocycles. The van der Waals surface area contributed by atoms with Crippen LogP contribution < -0.4 is 10.6 Å². The summed E-state index contributed by atoms with van der Waals surface area (Å²) in [6, 6.07) is 10.4. The maximum absolute atomic E-state index is 13.2. The highest BCUT2D eigenvalue weighted by atomic mass is 32.2. The first-order chi connectivity index (χ1) is 17.4. The number of carbonyl (C=O) groups excluding carboxylic acids is 3. The number of halogens is 1. The summed E-state index contributed by atoms with van der Waals surface area (Å²) in [5.41, 5.74) is 2.03. The van der Waals surface area contributed by atoms with E-state index in [2.05, 4.69) is 10.6 Å². The second-order valence-electron chi connectivity index (χ2n) is 9.88. The Morgan fingerprint density at radius 2 is 1.54 bits per heavy atom. The molecule has 37 heavy (non-hydrogen) atoms. The minimum atomic E-state index is -3.37. The normalized spacial score (nSPS) is 19.7. The summed E-state index contributed by atoms with van der Waals surface area (Å²) in [6.07, 6.45) is 4.03. The van der Waals surface area contributed by atoms with Crippen LogP contribution in [-0.2, 0) is 16.4 Å². The zero-order chi connectivity index (χ0) is 27.2. The molecule has 10 heteroatoms. The Bertz CT molecular complexity index is 1220. The van der Waals surface area contributed by atoms with Gasteiger partial charge in [0.1, 0.15) is 5.82 Å². The van der Waals surface area contributed by atoms with E-state index in [0.29, 0.717) is 48.8 Å². The van der Waals surface area contributed by atoms with Gasteiger partial charge in [-0.1, -0.05) is 12.1 Å². The molecule has 2 aromatic carbocycles. The first-order valence-electron chi connectivity index (χ1n) is 12.4. The van der Waals surface area contributed by atoms with Crippen LogP contribution in [0, 0.1) is 11.7 Å². The van der Waals surface area contributed by atoms with Crippen LogP contribution >= 0.6 is 0 Å². The summed E-state index contributed by atoms with van der Waals surface area (Å²) in [5.74, 6) is -0.369. The predicted octanol–water partition coefficient (Wildman–Crippen LogP) is 4.17. The molecule has 1 fully saturated rings. The summed E-state index contributed by atoms with van der Waals surface area (Å²) < 4.78 is 38.6. The van der Waals surface area contributed by atoms with Crippen molar-refractivity contribution in [3.63, 3.8) is 0 Å². The number of Topliss-reactive ketones (excluding diaryl/α,β-unsaturated/α-hetero) is 2. The lowest BCUT2D eigenvalue weighted by molar-refractivity contribution is -0.813. The number of hydrogen-bond donors (Lipinski definition) is 2. The number of rotatable bonds is 10. The average molecular weight is 533 g/mol. The number of ketones is 2. The Morgan fingerprint density at radius 1 is 0.973 bits per heavy atom. The highest BCUT2D eigenvalue weighted by Gasteiger charge is 2.41. The molecule has 1 saturated heterocycles. The van der Waals surface area contributed by atoms with Crippen molar-refractivity contribution in [2.75, 3.05) is 37.8 Å². The number of nitrogens with one attached hydrogen (secondary N) is 2. The third-order valence-corrected chi connectivity index (χ3v) is 9.02. The Kier molecular flexibility index (Phi) is 9.20. The zero-order valence-electron chi connectivity index (χ0n) is 21.6. The van der Waals surface area contributed by atoms with Gasteiger partial charge in [0, 0.05) is 42.6 Å². The van der Waals surface area contributed by atoms with Gasteiger partial charge in [-0.3, -0.25) is 9.59 Å². The molecule has 0 atom stereocenters. The van der Waals surface area contributed by atoms with E-state index >= 15 is 0 Å². The molecule has 0 spiro atoms. The molecular formula is C27H35FN3O5S+. The molecule has 200 valence electrons. The van der Waals surface area contributed by atoms with E-state index in [9.17, 15) is 27.2 Å². The molecule has 0 bridgehead atoms. The fourth-order valence-electron chi connectivity index (χ4n) is 4.82. The molecule has 0 saturated carbocycles. The van der Waals surface area contributed by atoms with Gasteiger partial charge >= 0.3 is 6.03 Å². The first kappa shape index (κ1) is 28.5. The zero-order valence-corrected chi connectivity index (χ0v) is 22.4. The second kappa shape index (κ2) is 12.0. The van der Waals surface area contributed by atoms with Crippen LogP contribution in [0.25, 0.3) is 0 Å². The number of benzene rings is 2. The fourth-order valence-corrected chi connectivity index (χ4v) is 6.16. The number of anilines is 1. The van der Waals surface area contributed by atoms with E-state index in [-0.39, 0.29) is 27.8 Å². The average Bonchev–Trinajstić information content (AvgIpc) is 2.83. The Hall–Kier alpha value is -3.11. The minimum Gasteiger partial charge on any atom is -0.338 e. The Labute approximate surface area is 217 Å².